The highest BCUT2D eigenvalue weighted by molar-refractivity contribution is 5.69. The molecular weight excluding hydrogens is 853 g/mol. The molecule has 0 bridgehead atoms. The van der Waals surface area contributed by atoms with E-state index in [4.69, 9.17) is 18.9 Å². The van der Waals surface area contributed by atoms with E-state index in [0.29, 0.717) is 13.0 Å². The molecule has 1 aliphatic heterocycles. The summed E-state index contributed by atoms with van der Waals surface area (Å²) in [4.78, 5) is 12.9. The molecule has 0 saturated carbocycles. The Kier molecular flexibility index (Phi) is 47.7. The van der Waals surface area contributed by atoms with Gasteiger partial charge in [-0.1, -0.05) is 249 Å². The molecule has 9 heteroatoms. The predicted octanol–water partition coefficient (Wildman–Crippen LogP) is 15.0. The lowest BCUT2D eigenvalue weighted by Crippen LogP contribution is -2.59. The van der Waals surface area contributed by atoms with Gasteiger partial charge in [-0.15, -0.1) is 0 Å². The van der Waals surface area contributed by atoms with Crippen molar-refractivity contribution >= 4 is 5.97 Å². The van der Waals surface area contributed by atoms with Gasteiger partial charge in [-0.25, -0.2) is 0 Å². The van der Waals surface area contributed by atoms with Crippen LogP contribution in [0, 0.1) is 0 Å². The summed E-state index contributed by atoms with van der Waals surface area (Å²) in [5.74, 6) is -0.311. The summed E-state index contributed by atoms with van der Waals surface area (Å²) in [5.41, 5.74) is 0. The Morgan fingerprint density at radius 1 is 0.471 bits per heavy atom. The van der Waals surface area contributed by atoms with E-state index >= 15 is 0 Å². The summed E-state index contributed by atoms with van der Waals surface area (Å²) in [7, 11) is 0. The first-order valence-electron chi connectivity index (χ1n) is 29.1. The second-order valence-corrected chi connectivity index (χ2v) is 20.1. The molecule has 0 spiro atoms. The van der Waals surface area contributed by atoms with E-state index in [1.165, 1.54) is 193 Å². The van der Waals surface area contributed by atoms with Crippen molar-refractivity contribution in [2.75, 3.05) is 26.4 Å². The monoisotopic (exact) mass is 963 g/mol. The summed E-state index contributed by atoms with van der Waals surface area (Å²) >= 11 is 0. The third-order valence-corrected chi connectivity index (χ3v) is 13.6. The third kappa shape index (κ3) is 40.1. The standard InChI is InChI=1S/C59H110O9/c1-3-5-7-9-11-13-15-17-19-21-23-25-27-28-30-32-34-36-38-40-42-44-46-48-55(61)67-53(52-66-59-58(64)57(63)56(62)54(50-60)68-59)51-65-49-47-45-43-41-39-37-35-33-31-29-26-24-22-20-18-16-14-12-10-8-6-4-2/h16,18,22,24,29,31,53-54,56-60,62-64H,3-15,17,19-21,23,25-28,30,32-52H2,1-2H3/b18-16-,24-22-,31-29-. The Bertz CT molecular complexity index is 1140. The zero-order chi connectivity index (χ0) is 49.2. The molecule has 0 aromatic carbocycles. The maximum atomic E-state index is 12.9. The SMILES string of the molecule is CCCCCCC/C=C\C/C=C\C/C=C\CCCCCCCCCOCC(COC1OC(CO)C(O)C(O)C1O)OC(=O)CCCCCCCCCCCCCCCCCCCCCCCCC. The number of carbonyl (C=O) groups is 1. The molecule has 1 saturated heterocycles. The molecule has 1 rings (SSSR count). The summed E-state index contributed by atoms with van der Waals surface area (Å²) in [6, 6.07) is 0. The first kappa shape index (κ1) is 64.4. The highest BCUT2D eigenvalue weighted by Crippen LogP contribution is 2.23. The average molecular weight is 964 g/mol. The van der Waals surface area contributed by atoms with Crippen molar-refractivity contribution in [2.45, 2.75) is 307 Å². The first-order valence-corrected chi connectivity index (χ1v) is 29.1. The van der Waals surface area contributed by atoms with Crippen molar-refractivity contribution in [3.05, 3.63) is 36.5 Å². The Morgan fingerprint density at radius 2 is 0.853 bits per heavy atom. The largest absolute Gasteiger partial charge is 0.457 e. The maximum Gasteiger partial charge on any atom is 0.306 e. The van der Waals surface area contributed by atoms with Crippen LogP contribution in [0.3, 0.4) is 0 Å². The van der Waals surface area contributed by atoms with E-state index in [1.54, 1.807) is 0 Å². The third-order valence-electron chi connectivity index (χ3n) is 13.6. The van der Waals surface area contributed by atoms with Gasteiger partial charge in [0.1, 0.15) is 30.5 Å². The van der Waals surface area contributed by atoms with Crippen LogP contribution in [-0.2, 0) is 23.7 Å². The fourth-order valence-electron chi connectivity index (χ4n) is 9.03. The topological polar surface area (TPSA) is 135 Å². The van der Waals surface area contributed by atoms with Gasteiger partial charge in [0.25, 0.3) is 0 Å². The highest BCUT2D eigenvalue weighted by atomic mass is 16.7. The van der Waals surface area contributed by atoms with Crippen LogP contribution >= 0.6 is 0 Å². The predicted molar refractivity (Wildman–Crippen MR) is 284 cm³/mol. The number of ether oxygens (including phenoxy) is 4. The fraction of sp³-hybridized carbons (Fsp3) is 0.881. The summed E-state index contributed by atoms with van der Waals surface area (Å²) in [6.45, 7) is 4.58. The Morgan fingerprint density at radius 3 is 1.28 bits per heavy atom. The van der Waals surface area contributed by atoms with Gasteiger partial charge in [0.2, 0.25) is 0 Å². The lowest BCUT2D eigenvalue weighted by molar-refractivity contribution is -0.305. The summed E-state index contributed by atoms with van der Waals surface area (Å²) < 4.78 is 23.0. The van der Waals surface area contributed by atoms with E-state index in [1.807, 2.05) is 0 Å². The van der Waals surface area contributed by atoms with E-state index in [0.717, 1.165) is 57.8 Å². The lowest BCUT2D eigenvalue weighted by Gasteiger charge is -2.39. The number of carbonyl (C=O) groups excluding carboxylic acids is 1. The van der Waals surface area contributed by atoms with Crippen molar-refractivity contribution in [1.82, 2.24) is 0 Å². The van der Waals surface area contributed by atoms with Crippen LogP contribution in [0.15, 0.2) is 36.5 Å². The van der Waals surface area contributed by atoms with Crippen molar-refractivity contribution < 1.29 is 44.2 Å². The fourth-order valence-corrected chi connectivity index (χ4v) is 9.03. The number of rotatable bonds is 51. The van der Waals surface area contributed by atoms with Crippen molar-refractivity contribution in [3.8, 4) is 0 Å². The van der Waals surface area contributed by atoms with E-state index in [2.05, 4.69) is 50.3 Å². The molecule has 0 aromatic heterocycles. The van der Waals surface area contributed by atoms with Crippen LogP contribution in [0.4, 0.5) is 0 Å². The second-order valence-electron chi connectivity index (χ2n) is 20.1. The number of hydrogen-bond donors (Lipinski definition) is 4. The molecule has 6 unspecified atom stereocenters. The van der Waals surface area contributed by atoms with Crippen molar-refractivity contribution in [1.29, 1.82) is 0 Å². The molecule has 9 nitrogen and oxygen atoms in total. The minimum atomic E-state index is -1.54. The van der Waals surface area contributed by atoms with Crippen LogP contribution < -0.4 is 0 Å². The minimum Gasteiger partial charge on any atom is -0.457 e. The van der Waals surface area contributed by atoms with Crippen molar-refractivity contribution in [3.63, 3.8) is 0 Å². The number of allylic oxidation sites excluding steroid dienone is 6. The number of aliphatic hydroxyl groups excluding tert-OH is 4. The molecule has 68 heavy (non-hydrogen) atoms. The molecule has 1 fully saturated rings. The molecule has 0 aromatic rings. The summed E-state index contributed by atoms with van der Waals surface area (Å²) in [5, 5.41) is 40.4. The minimum absolute atomic E-state index is 0.114. The quantitative estimate of drug-likeness (QED) is 0.0267. The molecule has 0 radical (unpaired) electrons. The van der Waals surface area contributed by atoms with Gasteiger partial charge in [-0.3, -0.25) is 4.79 Å². The molecule has 400 valence electrons. The Balaban J connectivity index is 2.16. The zero-order valence-electron chi connectivity index (χ0n) is 44.4. The second kappa shape index (κ2) is 50.4. The lowest BCUT2D eigenvalue weighted by atomic mass is 9.99. The van der Waals surface area contributed by atoms with Gasteiger partial charge in [0.05, 0.1) is 19.8 Å². The average Bonchev–Trinajstić information content (AvgIpc) is 3.34. The van der Waals surface area contributed by atoms with E-state index < -0.39 is 43.4 Å². The zero-order valence-corrected chi connectivity index (χ0v) is 44.4. The number of hydrogen-bond acceptors (Lipinski definition) is 9. The Labute approximate surface area is 419 Å². The van der Waals surface area contributed by atoms with Crippen LogP contribution in [0.1, 0.15) is 271 Å². The van der Waals surface area contributed by atoms with Gasteiger partial charge in [-0.2, -0.15) is 0 Å². The van der Waals surface area contributed by atoms with Gasteiger partial charge in [0, 0.05) is 13.0 Å². The first-order chi connectivity index (χ1) is 33.4. The highest BCUT2D eigenvalue weighted by Gasteiger charge is 2.44. The van der Waals surface area contributed by atoms with Crippen LogP contribution in [-0.4, -0.2) is 89.6 Å². The molecule has 0 amide bonds. The molecule has 1 aliphatic rings. The molecule has 4 N–H and O–H groups in total. The van der Waals surface area contributed by atoms with Gasteiger partial charge in [-0.05, 0) is 51.4 Å². The van der Waals surface area contributed by atoms with Gasteiger partial charge >= 0.3 is 5.97 Å². The van der Waals surface area contributed by atoms with Crippen LogP contribution in [0.2, 0.25) is 0 Å². The molecular formula is C59H110O9. The van der Waals surface area contributed by atoms with Gasteiger partial charge < -0.3 is 39.4 Å². The number of esters is 1. The Hall–Kier alpha value is -1.59. The van der Waals surface area contributed by atoms with E-state index in [-0.39, 0.29) is 19.2 Å². The summed E-state index contributed by atoms with van der Waals surface area (Å²) in [6.07, 6.45) is 56.2. The van der Waals surface area contributed by atoms with E-state index in [9.17, 15) is 25.2 Å². The van der Waals surface area contributed by atoms with Crippen molar-refractivity contribution in [2.24, 2.45) is 0 Å². The van der Waals surface area contributed by atoms with Crippen LogP contribution in [0.25, 0.3) is 0 Å². The normalized spacial score (nSPS) is 19.3. The van der Waals surface area contributed by atoms with Crippen LogP contribution in [0.5, 0.6) is 0 Å². The molecule has 0 aliphatic carbocycles. The number of aliphatic hydroxyl groups is 4. The molecule has 6 atom stereocenters. The van der Waals surface area contributed by atoms with Gasteiger partial charge in [0.15, 0.2) is 6.29 Å². The number of unbranched alkanes of at least 4 members (excludes halogenated alkanes) is 34. The maximum absolute atomic E-state index is 12.9. The molecule has 1 heterocycles. The smallest absolute Gasteiger partial charge is 0.306 e.